The maximum absolute atomic E-state index is 11.8. The number of carbonyl (C=O) groups is 2. The van der Waals surface area contributed by atoms with Gasteiger partial charge in [-0.25, -0.2) is 0 Å². The average Bonchev–Trinajstić information content (AvgIpc) is 2.93. The van der Waals surface area contributed by atoms with Crippen LogP contribution in [0.5, 0.6) is 0 Å². The molecule has 7 nitrogen and oxygen atoms in total. The van der Waals surface area contributed by atoms with Gasteiger partial charge in [-0.05, 0) is 24.1 Å². The number of hydrogen-bond acceptors (Lipinski definition) is 5. The van der Waals surface area contributed by atoms with Gasteiger partial charge in [-0.2, -0.15) is 0 Å². The molecule has 0 fully saturated rings. The molecule has 0 spiro atoms. The van der Waals surface area contributed by atoms with Gasteiger partial charge in [-0.1, -0.05) is 48.8 Å². The molecule has 0 aliphatic rings. The van der Waals surface area contributed by atoms with Crippen LogP contribution in [0.25, 0.3) is 11.4 Å². The summed E-state index contributed by atoms with van der Waals surface area (Å²) in [5.74, 6) is 0.141. The molecule has 10 heteroatoms. The standard InChI is InChI=1S/C16H19Cl2N5O2S/c1-9(2)7-23-15(11-4-3-10(17)5-12(11)18)21-22-16(23)26-8-14(25)20-6-13(19)24/h3-5,9H,6-8H2,1-2H3,(H2,19,24)(H,20,25). The summed E-state index contributed by atoms with van der Waals surface area (Å²) in [5.41, 5.74) is 5.73. The number of rotatable bonds is 8. The summed E-state index contributed by atoms with van der Waals surface area (Å²) >= 11 is 13.5. The highest BCUT2D eigenvalue weighted by Crippen LogP contribution is 2.31. The van der Waals surface area contributed by atoms with Crippen molar-refractivity contribution in [1.82, 2.24) is 20.1 Å². The molecule has 0 saturated heterocycles. The fourth-order valence-electron chi connectivity index (χ4n) is 2.16. The lowest BCUT2D eigenvalue weighted by Gasteiger charge is -2.13. The number of carbonyl (C=O) groups excluding carboxylic acids is 2. The van der Waals surface area contributed by atoms with E-state index in [1.165, 1.54) is 11.8 Å². The molecule has 1 heterocycles. The van der Waals surface area contributed by atoms with Crippen molar-refractivity contribution in [3.63, 3.8) is 0 Å². The molecule has 1 aromatic carbocycles. The zero-order valence-electron chi connectivity index (χ0n) is 14.3. The van der Waals surface area contributed by atoms with Crippen molar-refractivity contribution in [1.29, 1.82) is 0 Å². The van der Waals surface area contributed by atoms with Gasteiger partial charge in [-0.3, -0.25) is 9.59 Å². The zero-order chi connectivity index (χ0) is 19.3. The summed E-state index contributed by atoms with van der Waals surface area (Å²) < 4.78 is 1.92. The Labute approximate surface area is 165 Å². The fraction of sp³-hybridized carbons (Fsp3) is 0.375. The highest BCUT2D eigenvalue weighted by molar-refractivity contribution is 7.99. The molecule has 2 rings (SSSR count). The molecule has 0 aliphatic heterocycles. The van der Waals surface area contributed by atoms with Crippen LogP contribution in [0.15, 0.2) is 23.4 Å². The van der Waals surface area contributed by atoms with E-state index in [4.69, 9.17) is 28.9 Å². The third-order valence-corrected chi connectivity index (χ3v) is 4.74. The summed E-state index contributed by atoms with van der Waals surface area (Å²) in [6, 6.07) is 5.18. The van der Waals surface area contributed by atoms with Crippen LogP contribution in [0.2, 0.25) is 10.0 Å². The monoisotopic (exact) mass is 415 g/mol. The van der Waals surface area contributed by atoms with Crippen molar-refractivity contribution in [3.8, 4) is 11.4 Å². The average molecular weight is 416 g/mol. The Morgan fingerprint density at radius 1 is 1.31 bits per heavy atom. The smallest absolute Gasteiger partial charge is 0.236 e. The number of halogens is 2. The van der Waals surface area contributed by atoms with E-state index in [2.05, 4.69) is 29.4 Å². The van der Waals surface area contributed by atoms with Crippen molar-refractivity contribution in [3.05, 3.63) is 28.2 Å². The van der Waals surface area contributed by atoms with Crippen LogP contribution < -0.4 is 11.1 Å². The van der Waals surface area contributed by atoms with Crippen LogP contribution >= 0.6 is 35.0 Å². The molecule has 1 aromatic heterocycles. The second-order valence-corrected chi connectivity index (χ2v) is 7.75. The van der Waals surface area contributed by atoms with E-state index in [0.717, 1.165) is 0 Å². The van der Waals surface area contributed by atoms with Crippen LogP contribution in [0.3, 0.4) is 0 Å². The number of aromatic nitrogens is 3. The molecule has 2 aromatic rings. The van der Waals surface area contributed by atoms with Gasteiger partial charge >= 0.3 is 0 Å². The van der Waals surface area contributed by atoms with Gasteiger partial charge in [0.1, 0.15) is 0 Å². The third-order valence-electron chi connectivity index (χ3n) is 3.23. The molecular weight excluding hydrogens is 397 g/mol. The Morgan fingerprint density at radius 3 is 2.65 bits per heavy atom. The summed E-state index contributed by atoms with van der Waals surface area (Å²) in [7, 11) is 0. The van der Waals surface area contributed by atoms with Gasteiger partial charge in [0.2, 0.25) is 11.8 Å². The lowest BCUT2D eigenvalue weighted by atomic mass is 10.2. The van der Waals surface area contributed by atoms with E-state index in [1.807, 2.05) is 4.57 Å². The lowest BCUT2D eigenvalue weighted by Crippen LogP contribution is -2.34. The first-order valence-corrected chi connectivity index (χ1v) is 9.58. The van der Waals surface area contributed by atoms with Crippen molar-refractivity contribution >= 4 is 46.8 Å². The van der Waals surface area contributed by atoms with Crippen LogP contribution in [0.1, 0.15) is 13.8 Å². The molecule has 0 atom stereocenters. The van der Waals surface area contributed by atoms with Crippen LogP contribution in [0.4, 0.5) is 0 Å². The minimum atomic E-state index is -0.592. The Kier molecular flexibility index (Phi) is 7.31. The van der Waals surface area contributed by atoms with E-state index < -0.39 is 5.91 Å². The topological polar surface area (TPSA) is 103 Å². The van der Waals surface area contributed by atoms with Crippen LogP contribution in [0, 0.1) is 5.92 Å². The Morgan fingerprint density at radius 2 is 2.04 bits per heavy atom. The summed E-state index contributed by atoms with van der Waals surface area (Å²) in [6.45, 7) is 4.61. The highest BCUT2D eigenvalue weighted by Gasteiger charge is 2.18. The molecule has 26 heavy (non-hydrogen) atoms. The largest absolute Gasteiger partial charge is 0.368 e. The zero-order valence-corrected chi connectivity index (χ0v) is 16.7. The number of hydrogen-bond donors (Lipinski definition) is 2. The molecule has 0 unspecified atom stereocenters. The number of nitrogens with zero attached hydrogens (tertiary/aromatic N) is 3. The van der Waals surface area contributed by atoms with Gasteiger partial charge in [-0.15, -0.1) is 10.2 Å². The van der Waals surface area contributed by atoms with E-state index in [1.54, 1.807) is 18.2 Å². The first-order valence-electron chi connectivity index (χ1n) is 7.84. The Hall–Kier alpha value is -1.77. The van der Waals surface area contributed by atoms with E-state index in [-0.39, 0.29) is 18.2 Å². The number of benzene rings is 1. The second-order valence-electron chi connectivity index (χ2n) is 5.97. The SMILES string of the molecule is CC(C)Cn1c(SCC(=O)NCC(N)=O)nnc1-c1ccc(Cl)cc1Cl. The van der Waals surface area contributed by atoms with Crippen molar-refractivity contribution in [2.45, 2.75) is 25.5 Å². The number of nitrogens with two attached hydrogens (primary N) is 1. The second kappa shape index (κ2) is 9.25. The quantitative estimate of drug-likeness (QED) is 0.644. The number of thioether (sulfide) groups is 1. The van der Waals surface area contributed by atoms with Gasteiger partial charge < -0.3 is 15.6 Å². The fourth-order valence-corrected chi connectivity index (χ4v) is 3.43. The maximum atomic E-state index is 11.8. The van der Waals surface area contributed by atoms with E-state index in [9.17, 15) is 9.59 Å². The predicted octanol–water partition coefficient (Wildman–Crippen LogP) is 2.60. The van der Waals surface area contributed by atoms with Crippen molar-refractivity contribution in [2.75, 3.05) is 12.3 Å². The van der Waals surface area contributed by atoms with Gasteiger partial charge in [0, 0.05) is 17.1 Å². The van der Waals surface area contributed by atoms with E-state index >= 15 is 0 Å². The normalized spacial score (nSPS) is 11.0. The Balaban J connectivity index is 2.23. The molecular formula is C16H19Cl2N5O2S. The van der Waals surface area contributed by atoms with Gasteiger partial charge in [0.15, 0.2) is 11.0 Å². The van der Waals surface area contributed by atoms with Crippen molar-refractivity contribution in [2.24, 2.45) is 11.7 Å². The molecule has 0 saturated carbocycles. The number of nitrogens with one attached hydrogen (secondary N) is 1. The molecule has 0 bridgehead atoms. The van der Waals surface area contributed by atoms with E-state index in [0.29, 0.717) is 39.1 Å². The molecule has 0 radical (unpaired) electrons. The predicted molar refractivity (Wildman–Crippen MR) is 103 cm³/mol. The van der Waals surface area contributed by atoms with Gasteiger partial charge in [0.25, 0.3) is 0 Å². The third kappa shape index (κ3) is 5.62. The summed E-state index contributed by atoms with van der Waals surface area (Å²) in [5, 5.41) is 12.5. The number of primary amides is 1. The van der Waals surface area contributed by atoms with Crippen LogP contribution in [-0.2, 0) is 16.1 Å². The minimum Gasteiger partial charge on any atom is -0.368 e. The maximum Gasteiger partial charge on any atom is 0.236 e. The summed E-state index contributed by atoms with van der Waals surface area (Å²) in [6.07, 6.45) is 0. The highest BCUT2D eigenvalue weighted by atomic mass is 35.5. The molecule has 2 amide bonds. The molecule has 3 N–H and O–H groups in total. The first-order chi connectivity index (χ1) is 12.3. The molecule has 0 aliphatic carbocycles. The van der Waals surface area contributed by atoms with Gasteiger partial charge in [0.05, 0.1) is 17.3 Å². The lowest BCUT2D eigenvalue weighted by molar-refractivity contribution is -0.123. The first kappa shape index (κ1) is 20.5. The van der Waals surface area contributed by atoms with Crippen molar-refractivity contribution < 1.29 is 9.59 Å². The Bertz CT molecular complexity index is 810. The minimum absolute atomic E-state index is 0.0951. The van der Waals surface area contributed by atoms with Crippen LogP contribution in [-0.4, -0.2) is 38.9 Å². The number of amides is 2. The molecule has 140 valence electrons. The summed E-state index contributed by atoms with van der Waals surface area (Å²) in [4.78, 5) is 22.5.